The Morgan fingerprint density at radius 2 is 1.83 bits per heavy atom. The molecule has 1 spiro atoms. The summed E-state index contributed by atoms with van der Waals surface area (Å²) in [4.78, 5) is 28.1. The largest absolute Gasteiger partial charge is 0.325 e. The molecule has 0 aromatic heterocycles. The third-order valence-electron chi connectivity index (χ3n) is 3.96. The fourth-order valence-electron chi connectivity index (χ4n) is 2.92. The minimum absolute atomic E-state index is 0.0483. The number of hydrogen-bond acceptors (Lipinski definition) is 3. The number of rotatable bonds is 2. The molecule has 2 aliphatic heterocycles. The van der Waals surface area contributed by atoms with Gasteiger partial charge in [-0.05, 0) is 47.1 Å². The lowest BCUT2D eigenvalue weighted by Gasteiger charge is -2.40. The van der Waals surface area contributed by atoms with Crippen molar-refractivity contribution in [1.29, 1.82) is 0 Å². The number of urea groups is 1. The van der Waals surface area contributed by atoms with Crippen molar-refractivity contribution < 1.29 is 9.59 Å². The van der Waals surface area contributed by atoms with Crippen molar-refractivity contribution in [2.45, 2.75) is 58.2 Å². The van der Waals surface area contributed by atoms with E-state index in [1.807, 2.05) is 13.8 Å². The maximum absolute atomic E-state index is 12.5. The fraction of sp³-hybridized carbons (Fsp3) is 0.846. The van der Waals surface area contributed by atoms with Crippen molar-refractivity contribution >= 4 is 11.9 Å². The third-order valence-corrected chi connectivity index (χ3v) is 3.96. The monoisotopic (exact) mass is 253 g/mol. The number of nitrogens with one attached hydrogen (secondary N) is 1. The molecule has 0 aliphatic carbocycles. The Kier molecular flexibility index (Phi) is 3.36. The number of carbonyl (C=O) groups excluding carboxylic acids is 2. The minimum atomic E-state index is -0.677. The highest BCUT2D eigenvalue weighted by Gasteiger charge is 2.53. The second kappa shape index (κ2) is 4.53. The summed E-state index contributed by atoms with van der Waals surface area (Å²) in [6.45, 7) is 9.64. The van der Waals surface area contributed by atoms with Gasteiger partial charge in [0.25, 0.3) is 5.91 Å². The fourth-order valence-corrected chi connectivity index (χ4v) is 2.92. The average Bonchev–Trinajstić information content (AvgIpc) is 2.50. The molecule has 102 valence electrons. The zero-order valence-electron chi connectivity index (χ0n) is 11.7. The van der Waals surface area contributed by atoms with Crippen LogP contribution in [0.2, 0.25) is 0 Å². The molecule has 2 aliphatic rings. The second-order valence-electron chi connectivity index (χ2n) is 5.95. The number of nitrogens with zero attached hydrogens (tertiary/aromatic N) is 2. The van der Waals surface area contributed by atoms with Crippen LogP contribution in [0.5, 0.6) is 0 Å². The van der Waals surface area contributed by atoms with Crippen LogP contribution in [-0.4, -0.2) is 52.5 Å². The standard InChI is InChI=1S/C13H23N3O2/c1-9(2)15-7-5-6-13(8-15)11(17)16(10(3)4)12(18)14-13/h9-10H,5-8H2,1-4H3,(H,14,18). The molecule has 3 amide bonds. The van der Waals surface area contributed by atoms with Crippen LogP contribution in [-0.2, 0) is 4.79 Å². The molecule has 1 atom stereocenters. The summed E-state index contributed by atoms with van der Waals surface area (Å²) >= 11 is 0. The van der Waals surface area contributed by atoms with E-state index in [4.69, 9.17) is 0 Å². The molecular weight excluding hydrogens is 230 g/mol. The molecule has 2 rings (SSSR count). The highest BCUT2D eigenvalue weighted by atomic mass is 16.2. The maximum atomic E-state index is 12.5. The van der Waals surface area contributed by atoms with Gasteiger partial charge in [0.05, 0.1) is 0 Å². The quantitative estimate of drug-likeness (QED) is 0.752. The number of likely N-dealkylation sites (tertiary alicyclic amines) is 1. The van der Waals surface area contributed by atoms with E-state index in [-0.39, 0.29) is 18.0 Å². The number of amides is 3. The molecular formula is C13H23N3O2. The van der Waals surface area contributed by atoms with Crippen LogP contribution < -0.4 is 5.32 Å². The van der Waals surface area contributed by atoms with Crippen molar-refractivity contribution in [3.63, 3.8) is 0 Å². The van der Waals surface area contributed by atoms with E-state index in [0.29, 0.717) is 12.6 Å². The first kappa shape index (κ1) is 13.3. The Hall–Kier alpha value is -1.10. The average molecular weight is 253 g/mol. The molecule has 2 fully saturated rings. The Morgan fingerprint density at radius 1 is 1.17 bits per heavy atom. The van der Waals surface area contributed by atoms with Gasteiger partial charge in [0, 0.05) is 18.6 Å². The Labute approximate surface area is 108 Å². The van der Waals surface area contributed by atoms with Crippen LogP contribution in [0.3, 0.4) is 0 Å². The van der Waals surface area contributed by atoms with Crippen LogP contribution >= 0.6 is 0 Å². The first-order valence-electron chi connectivity index (χ1n) is 6.77. The van der Waals surface area contributed by atoms with E-state index < -0.39 is 5.54 Å². The van der Waals surface area contributed by atoms with Gasteiger partial charge in [-0.2, -0.15) is 0 Å². The third kappa shape index (κ3) is 2.00. The number of carbonyl (C=O) groups is 2. The van der Waals surface area contributed by atoms with Crippen molar-refractivity contribution in [3.05, 3.63) is 0 Å². The van der Waals surface area contributed by atoms with Crippen LogP contribution in [0.4, 0.5) is 4.79 Å². The number of imide groups is 1. The lowest BCUT2D eigenvalue weighted by Crippen LogP contribution is -2.59. The smallest absolute Gasteiger partial charge is 0.322 e. The molecule has 2 saturated heterocycles. The highest BCUT2D eigenvalue weighted by molar-refractivity contribution is 6.07. The van der Waals surface area contributed by atoms with Gasteiger partial charge in [0.15, 0.2) is 0 Å². The highest BCUT2D eigenvalue weighted by Crippen LogP contribution is 2.30. The number of hydrogen-bond donors (Lipinski definition) is 1. The Bertz CT molecular complexity index is 367. The predicted octanol–water partition coefficient (Wildman–Crippen LogP) is 1.19. The summed E-state index contributed by atoms with van der Waals surface area (Å²) in [6.07, 6.45) is 1.71. The summed E-state index contributed by atoms with van der Waals surface area (Å²) in [6, 6.07) is 0.0897. The van der Waals surface area contributed by atoms with Crippen LogP contribution in [0.1, 0.15) is 40.5 Å². The lowest BCUT2D eigenvalue weighted by molar-refractivity contribution is -0.134. The van der Waals surface area contributed by atoms with Crippen LogP contribution in [0.15, 0.2) is 0 Å². The first-order chi connectivity index (χ1) is 8.37. The van der Waals surface area contributed by atoms with E-state index in [9.17, 15) is 9.59 Å². The topological polar surface area (TPSA) is 52.7 Å². The Morgan fingerprint density at radius 3 is 2.33 bits per heavy atom. The molecule has 1 N–H and O–H groups in total. The summed E-state index contributed by atoms with van der Waals surface area (Å²) in [5.74, 6) is -0.0483. The van der Waals surface area contributed by atoms with E-state index in [0.717, 1.165) is 19.4 Å². The molecule has 18 heavy (non-hydrogen) atoms. The van der Waals surface area contributed by atoms with Crippen molar-refractivity contribution in [2.75, 3.05) is 13.1 Å². The first-order valence-corrected chi connectivity index (χ1v) is 6.77. The van der Waals surface area contributed by atoms with Gasteiger partial charge in [-0.3, -0.25) is 14.6 Å². The predicted molar refractivity (Wildman–Crippen MR) is 69.2 cm³/mol. The van der Waals surface area contributed by atoms with E-state index in [1.165, 1.54) is 4.90 Å². The molecule has 5 heteroatoms. The molecule has 2 heterocycles. The summed E-state index contributed by atoms with van der Waals surface area (Å²) in [5, 5.41) is 2.93. The van der Waals surface area contributed by atoms with Gasteiger partial charge in [0.1, 0.15) is 5.54 Å². The molecule has 0 bridgehead atoms. The van der Waals surface area contributed by atoms with Gasteiger partial charge >= 0.3 is 6.03 Å². The summed E-state index contributed by atoms with van der Waals surface area (Å²) < 4.78 is 0. The molecule has 0 saturated carbocycles. The van der Waals surface area contributed by atoms with Crippen molar-refractivity contribution in [3.8, 4) is 0 Å². The van der Waals surface area contributed by atoms with E-state index in [2.05, 4.69) is 24.1 Å². The number of piperidine rings is 1. The molecule has 0 radical (unpaired) electrons. The van der Waals surface area contributed by atoms with Gasteiger partial charge in [-0.15, -0.1) is 0 Å². The lowest BCUT2D eigenvalue weighted by atomic mass is 9.88. The minimum Gasteiger partial charge on any atom is -0.322 e. The van der Waals surface area contributed by atoms with Gasteiger partial charge < -0.3 is 5.32 Å². The maximum Gasteiger partial charge on any atom is 0.325 e. The normalized spacial score (nSPS) is 29.8. The zero-order valence-corrected chi connectivity index (χ0v) is 11.7. The second-order valence-corrected chi connectivity index (χ2v) is 5.95. The molecule has 0 aromatic rings. The van der Waals surface area contributed by atoms with Crippen LogP contribution in [0.25, 0.3) is 0 Å². The van der Waals surface area contributed by atoms with E-state index in [1.54, 1.807) is 0 Å². The van der Waals surface area contributed by atoms with Gasteiger partial charge in [-0.1, -0.05) is 0 Å². The molecule has 5 nitrogen and oxygen atoms in total. The van der Waals surface area contributed by atoms with Crippen LogP contribution in [0, 0.1) is 0 Å². The van der Waals surface area contributed by atoms with E-state index >= 15 is 0 Å². The van der Waals surface area contributed by atoms with Crippen molar-refractivity contribution in [1.82, 2.24) is 15.1 Å². The Balaban J connectivity index is 2.22. The summed E-state index contributed by atoms with van der Waals surface area (Å²) in [7, 11) is 0. The molecule has 1 unspecified atom stereocenters. The SMILES string of the molecule is CC(C)N1CCCC2(C1)NC(=O)N(C(C)C)C2=O. The van der Waals surface area contributed by atoms with Gasteiger partial charge in [0.2, 0.25) is 0 Å². The molecule has 0 aromatic carbocycles. The van der Waals surface area contributed by atoms with Gasteiger partial charge in [-0.25, -0.2) is 4.79 Å². The van der Waals surface area contributed by atoms with Crippen molar-refractivity contribution in [2.24, 2.45) is 0 Å². The zero-order chi connectivity index (χ0) is 13.5. The summed E-state index contributed by atoms with van der Waals surface area (Å²) in [5.41, 5.74) is -0.677.